The summed E-state index contributed by atoms with van der Waals surface area (Å²) in [5.74, 6) is 1.52. The average Bonchev–Trinajstić information content (AvgIpc) is 3.08. The van der Waals surface area contributed by atoms with Gasteiger partial charge in [0.25, 0.3) is 0 Å². The molecule has 0 spiro atoms. The SMILES string of the molecule is S=c1[nH]nc(COc2ccc(-c3ccccc3)cc2)n1-c1ccc(I)cc1. The fourth-order valence-electron chi connectivity index (χ4n) is 2.80. The molecule has 1 N–H and O–H groups in total. The number of aromatic nitrogens is 3. The number of aromatic amines is 1. The van der Waals surface area contributed by atoms with Crippen molar-refractivity contribution in [3.63, 3.8) is 0 Å². The third-order valence-electron chi connectivity index (χ3n) is 4.16. The van der Waals surface area contributed by atoms with Gasteiger partial charge in [-0.15, -0.1) is 0 Å². The lowest BCUT2D eigenvalue weighted by Gasteiger charge is -2.09. The molecule has 0 aliphatic rings. The summed E-state index contributed by atoms with van der Waals surface area (Å²) in [5, 5.41) is 7.16. The van der Waals surface area contributed by atoms with Crippen molar-refractivity contribution in [1.29, 1.82) is 0 Å². The minimum Gasteiger partial charge on any atom is -0.486 e. The van der Waals surface area contributed by atoms with Crippen molar-refractivity contribution in [3.8, 4) is 22.6 Å². The number of hydrogen-bond acceptors (Lipinski definition) is 3. The lowest BCUT2D eigenvalue weighted by Crippen LogP contribution is -2.05. The van der Waals surface area contributed by atoms with E-state index >= 15 is 0 Å². The summed E-state index contributed by atoms with van der Waals surface area (Å²) in [7, 11) is 0. The van der Waals surface area contributed by atoms with Crippen LogP contribution in [0, 0.1) is 8.34 Å². The molecule has 0 aliphatic carbocycles. The third kappa shape index (κ3) is 4.12. The molecule has 1 aromatic heterocycles. The average molecular weight is 485 g/mol. The minimum absolute atomic E-state index is 0.323. The van der Waals surface area contributed by atoms with Gasteiger partial charge in [-0.25, -0.2) is 0 Å². The van der Waals surface area contributed by atoms with Crippen molar-refractivity contribution in [3.05, 3.63) is 93.0 Å². The zero-order chi connectivity index (χ0) is 18.6. The number of ether oxygens (including phenoxy) is 1. The van der Waals surface area contributed by atoms with Gasteiger partial charge in [0, 0.05) is 9.26 Å². The van der Waals surface area contributed by atoms with Crippen LogP contribution in [-0.4, -0.2) is 14.8 Å². The fourth-order valence-corrected chi connectivity index (χ4v) is 3.42. The van der Waals surface area contributed by atoms with E-state index in [2.05, 4.69) is 57.1 Å². The van der Waals surface area contributed by atoms with Crippen LogP contribution < -0.4 is 4.74 Å². The molecule has 4 aromatic rings. The smallest absolute Gasteiger partial charge is 0.199 e. The van der Waals surface area contributed by atoms with Gasteiger partial charge in [-0.2, -0.15) is 5.10 Å². The van der Waals surface area contributed by atoms with Crippen LogP contribution in [0.15, 0.2) is 78.9 Å². The van der Waals surface area contributed by atoms with E-state index in [4.69, 9.17) is 17.0 Å². The largest absolute Gasteiger partial charge is 0.486 e. The molecule has 0 unspecified atom stereocenters. The summed E-state index contributed by atoms with van der Waals surface area (Å²) in [6, 6.07) is 26.4. The number of benzene rings is 3. The van der Waals surface area contributed by atoms with Gasteiger partial charge in [0.05, 0.1) is 0 Å². The fraction of sp³-hybridized carbons (Fsp3) is 0.0476. The zero-order valence-corrected chi connectivity index (χ0v) is 17.3. The maximum absolute atomic E-state index is 5.93. The number of rotatable bonds is 5. The van der Waals surface area contributed by atoms with Gasteiger partial charge in [0.2, 0.25) is 0 Å². The second-order valence-electron chi connectivity index (χ2n) is 5.94. The molecule has 4 nitrogen and oxygen atoms in total. The van der Waals surface area contributed by atoms with Crippen LogP contribution in [-0.2, 0) is 6.61 Å². The zero-order valence-electron chi connectivity index (χ0n) is 14.3. The molecule has 27 heavy (non-hydrogen) atoms. The first-order chi connectivity index (χ1) is 13.2. The lowest BCUT2D eigenvalue weighted by molar-refractivity contribution is 0.293. The van der Waals surface area contributed by atoms with Gasteiger partial charge < -0.3 is 4.74 Å². The first-order valence-corrected chi connectivity index (χ1v) is 9.90. The van der Waals surface area contributed by atoms with Crippen molar-refractivity contribution in [2.75, 3.05) is 0 Å². The second-order valence-corrected chi connectivity index (χ2v) is 7.57. The van der Waals surface area contributed by atoms with E-state index in [1.165, 1.54) is 9.13 Å². The molecule has 6 heteroatoms. The molecule has 0 saturated carbocycles. The Morgan fingerprint density at radius 3 is 2.26 bits per heavy atom. The topological polar surface area (TPSA) is 42.8 Å². The van der Waals surface area contributed by atoms with Gasteiger partial charge >= 0.3 is 0 Å². The Balaban J connectivity index is 1.51. The van der Waals surface area contributed by atoms with Gasteiger partial charge in [0.15, 0.2) is 10.6 Å². The van der Waals surface area contributed by atoms with Crippen molar-refractivity contribution >= 4 is 34.8 Å². The van der Waals surface area contributed by atoms with E-state index < -0.39 is 0 Å². The number of hydrogen-bond donors (Lipinski definition) is 1. The summed E-state index contributed by atoms with van der Waals surface area (Å²) in [4.78, 5) is 0. The molecule has 0 bridgehead atoms. The molecule has 4 rings (SSSR count). The maximum atomic E-state index is 5.93. The summed E-state index contributed by atoms with van der Waals surface area (Å²) >= 11 is 7.66. The van der Waals surface area contributed by atoms with Crippen molar-refractivity contribution in [2.45, 2.75) is 6.61 Å². The molecule has 0 fully saturated rings. The number of H-pyrrole nitrogens is 1. The van der Waals surface area contributed by atoms with Crippen LogP contribution in [0.3, 0.4) is 0 Å². The second kappa shape index (κ2) is 8.06. The Labute approximate surface area is 176 Å². The van der Waals surface area contributed by atoms with Crippen LogP contribution in [0.1, 0.15) is 5.82 Å². The Morgan fingerprint density at radius 2 is 1.56 bits per heavy atom. The van der Waals surface area contributed by atoms with Crippen molar-refractivity contribution < 1.29 is 4.74 Å². The molecule has 3 aromatic carbocycles. The van der Waals surface area contributed by atoms with E-state index in [1.54, 1.807) is 0 Å². The normalized spacial score (nSPS) is 10.7. The monoisotopic (exact) mass is 485 g/mol. The summed E-state index contributed by atoms with van der Waals surface area (Å²) in [6.07, 6.45) is 0. The van der Waals surface area contributed by atoms with Gasteiger partial charge in [0.1, 0.15) is 12.4 Å². The molecule has 0 aliphatic heterocycles. The van der Waals surface area contributed by atoms with Crippen LogP contribution in [0.25, 0.3) is 16.8 Å². The van der Waals surface area contributed by atoms with Gasteiger partial charge in [-0.1, -0.05) is 42.5 Å². The van der Waals surface area contributed by atoms with Crippen LogP contribution in [0.5, 0.6) is 5.75 Å². The Kier molecular flexibility index (Phi) is 5.35. The molecule has 0 saturated heterocycles. The number of halogens is 1. The molecule has 0 radical (unpaired) electrons. The first-order valence-electron chi connectivity index (χ1n) is 8.41. The lowest BCUT2D eigenvalue weighted by atomic mass is 10.1. The highest BCUT2D eigenvalue weighted by atomic mass is 127. The highest BCUT2D eigenvalue weighted by molar-refractivity contribution is 14.1. The summed E-state index contributed by atoms with van der Waals surface area (Å²) in [5.41, 5.74) is 3.31. The molecular weight excluding hydrogens is 469 g/mol. The van der Waals surface area contributed by atoms with E-state index in [1.807, 2.05) is 59.2 Å². The molecule has 134 valence electrons. The Bertz CT molecular complexity index is 1090. The van der Waals surface area contributed by atoms with Crippen molar-refractivity contribution in [1.82, 2.24) is 14.8 Å². The maximum Gasteiger partial charge on any atom is 0.199 e. The summed E-state index contributed by atoms with van der Waals surface area (Å²) < 4.78 is 9.54. The van der Waals surface area contributed by atoms with E-state index in [9.17, 15) is 0 Å². The van der Waals surface area contributed by atoms with Gasteiger partial charge in [-0.05, 0) is 82.3 Å². The van der Waals surface area contributed by atoms with E-state index in [0.717, 1.165) is 22.8 Å². The predicted molar refractivity (Wildman–Crippen MR) is 118 cm³/mol. The quantitative estimate of drug-likeness (QED) is 0.288. The van der Waals surface area contributed by atoms with Crippen LogP contribution >= 0.6 is 34.8 Å². The standard InChI is InChI=1S/C21H16IN3OS/c22-17-8-10-18(11-9-17)25-20(23-24-21(25)27)14-26-19-12-6-16(7-13-19)15-4-2-1-3-5-15/h1-13H,14H2,(H,24,27). The number of nitrogens with zero attached hydrogens (tertiary/aromatic N) is 2. The van der Waals surface area contributed by atoms with E-state index in [-0.39, 0.29) is 0 Å². The summed E-state index contributed by atoms with van der Waals surface area (Å²) in [6.45, 7) is 0.323. The van der Waals surface area contributed by atoms with Gasteiger partial charge in [-0.3, -0.25) is 9.67 Å². The van der Waals surface area contributed by atoms with E-state index in [0.29, 0.717) is 11.4 Å². The van der Waals surface area contributed by atoms with Crippen LogP contribution in [0.2, 0.25) is 0 Å². The Morgan fingerprint density at radius 1 is 0.889 bits per heavy atom. The Hall–Kier alpha value is -2.45. The van der Waals surface area contributed by atoms with Crippen molar-refractivity contribution in [2.24, 2.45) is 0 Å². The molecule has 0 atom stereocenters. The van der Waals surface area contributed by atoms with Crippen LogP contribution in [0.4, 0.5) is 0 Å². The molecule has 0 amide bonds. The predicted octanol–water partition coefficient (Wildman–Crippen LogP) is 5.78. The highest BCUT2D eigenvalue weighted by Crippen LogP contribution is 2.23. The minimum atomic E-state index is 0.323. The first kappa shape index (κ1) is 17.9. The number of nitrogens with one attached hydrogen (secondary N) is 1. The highest BCUT2D eigenvalue weighted by Gasteiger charge is 2.09. The third-order valence-corrected chi connectivity index (χ3v) is 5.15. The molecule has 1 heterocycles. The molecular formula is C21H16IN3OS.